The highest BCUT2D eigenvalue weighted by molar-refractivity contribution is 7.98. The van der Waals surface area contributed by atoms with Crippen molar-refractivity contribution in [2.24, 2.45) is 0 Å². The molecule has 0 bridgehead atoms. The summed E-state index contributed by atoms with van der Waals surface area (Å²) in [6, 6.07) is 15.5. The van der Waals surface area contributed by atoms with Gasteiger partial charge in [0.05, 0.1) is 4.53 Å². The first-order chi connectivity index (χ1) is 13.7. The zero-order valence-electron chi connectivity index (χ0n) is 15.2. The van der Waals surface area contributed by atoms with Crippen molar-refractivity contribution in [1.29, 1.82) is 0 Å². The maximum Gasteiger partial charge on any atom is 0.291 e. The fourth-order valence-electron chi connectivity index (χ4n) is 2.66. The highest BCUT2D eigenvalue weighted by Crippen LogP contribution is 2.20. The third-order valence-electron chi connectivity index (χ3n) is 4.08. The van der Waals surface area contributed by atoms with Gasteiger partial charge in [-0.3, -0.25) is 4.79 Å². The summed E-state index contributed by atoms with van der Waals surface area (Å²) in [5.74, 6) is 1.27. The number of ether oxygens (including phenoxy) is 1. The van der Waals surface area contributed by atoms with Crippen LogP contribution in [-0.2, 0) is 0 Å². The normalized spacial score (nSPS) is 11.8. The van der Waals surface area contributed by atoms with Gasteiger partial charge in [0, 0.05) is 10.5 Å². The molecule has 0 atom stereocenters. The van der Waals surface area contributed by atoms with Crippen molar-refractivity contribution >= 4 is 34.1 Å². The van der Waals surface area contributed by atoms with Crippen molar-refractivity contribution in [3.8, 4) is 17.1 Å². The van der Waals surface area contributed by atoms with Gasteiger partial charge in [0.1, 0.15) is 12.4 Å². The van der Waals surface area contributed by atoms with E-state index in [-0.39, 0.29) is 5.56 Å². The summed E-state index contributed by atoms with van der Waals surface area (Å²) < 4.78 is 7.46. The molecular formula is C21H17N3O2S2. The van der Waals surface area contributed by atoms with Gasteiger partial charge in [-0.1, -0.05) is 36.1 Å². The first-order valence-electron chi connectivity index (χ1n) is 8.57. The molecule has 0 aliphatic carbocycles. The second-order valence-electron chi connectivity index (χ2n) is 5.94. The summed E-state index contributed by atoms with van der Waals surface area (Å²) in [6.45, 7) is 4.08. The number of thioether (sulfide) groups is 1. The maximum absolute atomic E-state index is 12.7. The van der Waals surface area contributed by atoms with Crippen molar-refractivity contribution in [1.82, 2.24) is 14.6 Å². The highest BCUT2D eigenvalue weighted by atomic mass is 32.2. The molecule has 28 heavy (non-hydrogen) atoms. The lowest BCUT2D eigenvalue weighted by Gasteiger charge is -2.02. The van der Waals surface area contributed by atoms with Crippen LogP contribution < -0.4 is 14.8 Å². The summed E-state index contributed by atoms with van der Waals surface area (Å²) >= 11 is 3.03. The summed E-state index contributed by atoms with van der Waals surface area (Å²) in [4.78, 5) is 19.0. The minimum atomic E-state index is -0.154. The number of hydrogen-bond acceptors (Lipinski definition) is 6. The molecule has 4 aromatic rings. The lowest BCUT2D eigenvalue weighted by Crippen LogP contribution is -2.23. The Hall–Kier alpha value is -2.90. The van der Waals surface area contributed by atoms with Crippen molar-refractivity contribution in [2.75, 3.05) is 12.9 Å². The number of aromatic nitrogens is 3. The first kappa shape index (κ1) is 18.5. The maximum atomic E-state index is 12.7. The van der Waals surface area contributed by atoms with Gasteiger partial charge in [0.2, 0.25) is 4.96 Å². The molecule has 140 valence electrons. The van der Waals surface area contributed by atoms with Crippen LogP contribution in [0, 0.1) is 0 Å². The van der Waals surface area contributed by atoms with Gasteiger partial charge >= 0.3 is 0 Å². The smallest absolute Gasteiger partial charge is 0.291 e. The molecule has 0 aliphatic rings. The average Bonchev–Trinajstić information content (AvgIpc) is 3.27. The molecule has 0 radical (unpaired) electrons. The van der Waals surface area contributed by atoms with Gasteiger partial charge in [-0.05, 0) is 54.3 Å². The average molecular weight is 408 g/mol. The molecule has 0 aliphatic heterocycles. The second-order valence-corrected chi connectivity index (χ2v) is 7.83. The molecule has 0 unspecified atom stereocenters. The van der Waals surface area contributed by atoms with E-state index in [0.717, 1.165) is 16.9 Å². The number of fused-ring (bicyclic) bond motifs is 1. The van der Waals surface area contributed by atoms with Gasteiger partial charge in [-0.2, -0.15) is 9.50 Å². The Kier molecular flexibility index (Phi) is 5.27. The summed E-state index contributed by atoms with van der Waals surface area (Å²) in [7, 11) is 0. The Labute approximate surface area is 170 Å². The van der Waals surface area contributed by atoms with E-state index in [9.17, 15) is 4.79 Å². The first-order valence-corrected chi connectivity index (χ1v) is 10.6. The van der Waals surface area contributed by atoms with E-state index in [4.69, 9.17) is 4.74 Å². The van der Waals surface area contributed by atoms with Crippen molar-refractivity contribution in [3.05, 3.63) is 81.6 Å². The lowest BCUT2D eigenvalue weighted by atomic mass is 10.2. The third-order valence-corrected chi connectivity index (χ3v) is 5.78. The molecule has 2 aromatic carbocycles. The van der Waals surface area contributed by atoms with Crippen molar-refractivity contribution in [2.45, 2.75) is 4.90 Å². The number of hydrogen-bond donors (Lipinski definition) is 0. The van der Waals surface area contributed by atoms with Crippen molar-refractivity contribution < 1.29 is 4.74 Å². The second kappa shape index (κ2) is 8.00. The lowest BCUT2D eigenvalue weighted by molar-refractivity contribution is 0.363. The zero-order valence-corrected chi connectivity index (χ0v) is 16.8. The van der Waals surface area contributed by atoms with Crippen LogP contribution in [0.4, 0.5) is 0 Å². The van der Waals surface area contributed by atoms with Crippen LogP contribution in [0.3, 0.4) is 0 Å². The van der Waals surface area contributed by atoms with Crippen LogP contribution in [0.1, 0.15) is 5.56 Å². The molecule has 0 N–H and O–H groups in total. The van der Waals surface area contributed by atoms with Gasteiger partial charge in [0.15, 0.2) is 5.82 Å². The number of nitrogens with zero attached hydrogens (tertiary/aromatic N) is 3. The predicted molar refractivity (Wildman–Crippen MR) is 115 cm³/mol. The fraction of sp³-hybridized carbons (Fsp3) is 0.0952. The summed E-state index contributed by atoms with van der Waals surface area (Å²) in [5, 5.41) is 4.39. The Morgan fingerprint density at radius 3 is 2.57 bits per heavy atom. The van der Waals surface area contributed by atoms with Crippen LogP contribution in [0.25, 0.3) is 22.4 Å². The predicted octanol–water partition coefficient (Wildman–Crippen LogP) is 3.65. The number of benzene rings is 2. The largest absolute Gasteiger partial charge is 0.490 e. The topological polar surface area (TPSA) is 56.5 Å². The van der Waals surface area contributed by atoms with Crippen molar-refractivity contribution in [3.63, 3.8) is 0 Å². The van der Waals surface area contributed by atoms with E-state index < -0.39 is 0 Å². The molecule has 2 aromatic heterocycles. The van der Waals surface area contributed by atoms with E-state index >= 15 is 0 Å². The minimum absolute atomic E-state index is 0.154. The quantitative estimate of drug-likeness (QED) is 0.361. The zero-order chi connectivity index (χ0) is 19.5. The Morgan fingerprint density at radius 1 is 1.18 bits per heavy atom. The fourth-order valence-corrected chi connectivity index (χ4v) is 3.98. The highest BCUT2D eigenvalue weighted by Gasteiger charge is 2.12. The molecular weight excluding hydrogens is 390 g/mol. The molecule has 0 saturated heterocycles. The molecule has 0 spiro atoms. The van der Waals surface area contributed by atoms with E-state index in [2.05, 4.69) is 16.7 Å². The summed E-state index contributed by atoms with van der Waals surface area (Å²) in [5.41, 5.74) is 1.66. The van der Waals surface area contributed by atoms with Crippen LogP contribution in [-0.4, -0.2) is 27.5 Å². The Balaban J connectivity index is 1.65. The van der Waals surface area contributed by atoms with Gasteiger partial charge in [-0.25, -0.2) is 0 Å². The standard InChI is InChI=1S/C21H17N3O2S2/c1-3-12-26-16-8-6-15(7-9-16)19-22-21-24(23-19)20(25)18(28-21)13-14-4-10-17(27-2)11-5-14/h3-11,13H,1,12H2,2H3/b18-13+. The monoisotopic (exact) mass is 407 g/mol. The van der Waals surface area contributed by atoms with E-state index in [1.54, 1.807) is 17.8 Å². The molecule has 4 rings (SSSR count). The van der Waals surface area contributed by atoms with E-state index in [1.165, 1.54) is 20.7 Å². The SMILES string of the molecule is C=CCOc1ccc(-c2nc3s/c(=C/c4ccc(SC)cc4)c(=O)n3n2)cc1. The number of rotatable bonds is 6. The molecule has 5 nitrogen and oxygen atoms in total. The van der Waals surface area contributed by atoms with E-state index in [1.807, 2.05) is 60.9 Å². The molecule has 0 fully saturated rings. The molecule has 0 saturated carbocycles. The van der Waals surface area contributed by atoms with Gasteiger partial charge < -0.3 is 4.74 Å². The van der Waals surface area contributed by atoms with E-state index in [0.29, 0.717) is 21.9 Å². The van der Waals surface area contributed by atoms with Crippen LogP contribution in [0.2, 0.25) is 0 Å². The summed E-state index contributed by atoms with van der Waals surface area (Å²) in [6.07, 6.45) is 5.60. The molecule has 0 amide bonds. The Bertz CT molecular complexity index is 1230. The van der Waals surface area contributed by atoms with Gasteiger partial charge in [0.25, 0.3) is 5.56 Å². The van der Waals surface area contributed by atoms with Crippen LogP contribution in [0.5, 0.6) is 5.75 Å². The number of thiazole rings is 1. The molecule has 7 heteroatoms. The Morgan fingerprint density at radius 2 is 1.93 bits per heavy atom. The third kappa shape index (κ3) is 3.72. The van der Waals surface area contributed by atoms with Crippen LogP contribution >= 0.6 is 23.1 Å². The molecule has 2 heterocycles. The van der Waals surface area contributed by atoms with Gasteiger partial charge in [-0.15, -0.1) is 16.9 Å². The van der Waals surface area contributed by atoms with Crippen LogP contribution in [0.15, 0.2) is 70.9 Å². The minimum Gasteiger partial charge on any atom is -0.490 e.